The second-order valence-corrected chi connectivity index (χ2v) is 5.79. The number of nitrogens with two attached hydrogens (primary N) is 1. The number of amides is 1. The lowest BCUT2D eigenvalue weighted by atomic mass is 10.2. The van der Waals surface area contributed by atoms with Gasteiger partial charge in [-0.2, -0.15) is 5.10 Å². The number of rotatable bonds is 6. The zero-order valence-corrected chi connectivity index (χ0v) is 13.2. The first-order valence-electron chi connectivity index (χ1n) is 7.83. The van der Waals surface area contributed by atoms with Gasteiger partial charge in [-0.1, -0.05) is 6.42 Å². The van der Waals surface area contributed by atoms with Gasteiger partial charge in [0.25, 0.3) is 5.91 Å². The van der Waals surface area contributed by atoms with Crippen molar-refractivity contribution in [1.82, 2.24) is 19.6 Å². The predicted octanol–water partition coefficient (Wildman–Crippen LogP) is 0.615. The van der Waals surface area contributed by atoms with Gasteiger partial charge in [-0.05, 0) is 32.9 Å². The van der Waals surface area contributed by atoms with Crippen molar-refractivity contribution in [2.45, 2.75) is 26.2 Å². The molecule has 118 valence electrons. The molecule has 1 aliphatic heterocycles. The van der Waals surface area contributed by atoms with E-state index in [0.29, 0.717) is 0 Å². The smallest absolute Gasteiger partial charge is 0.257 e. The third-order valence-corrected chi connectivity index (χ3v) is 4.08. The van der Waals surface area contributed by atoms with Crippen LogP contribution in [0.15, 0.2) is 6.20 Å². The van der Waals surface area contributed by atoms with E-state index >= 15 is 0 Å². The fourth-order valence-corrected chi connectivity index (χ4v) is 2.81. The Balaban J connectivity index is 1.78. The first-order valence-corrected chi connectivity index (χ1v) is 7.83. The van der Waals surface area contributed by atoms with Gasteiger partial charge in [0.15, 0.2) is 0 Å². The van der Waals surface area contributed by atoms with Crippen molar-refractivity contribution in [3.8, 4) is 0 Å². The number of aryl methyl sites for hydroxylation is 2. The Morgan fingerprint density at radius 2 is 1.95 bits per heavy atom. The summed E-state index contributed by atoms with van der Waals surface area (Å²) in [6, 6.07) is 0. The molecule has 1 aromatic rings. The van der Waals surface area contributed by atoms with Crippen LogP contribution in [0.2, 0.25) is 0 Å². The van der Waals surface area contributed by atoms with Crippen LogP contribution in [0.3, 0.4) is 0 Å². The zero-order chi connectivity index (χ0) is 15.2. The minimum Gasteiger partial charge on any atom is -0.336 e. The second kappa shape index (κ2) is 7.56. The van der Waals surface area contributed by atoms with Crippen molar-refractivity contribution in [3.63, 3.8) is 0 Å². The van der Waals surface area contributed by atoms with Crippen LogP contribution in [0.4, 0.5) is 0 Å². The Morgan fingerprint density at radius 1 is 1.24 bits per heavy atom. The monoisotopic (exact) mass is 293 g/mol. The van der Waals surface area contributed by atoms with Crippen molar-refractivity contribution in [2.24, 2.45) is 12.8 Å². The maximum Gasteiger partial charge on any atom is 0.257 e. The third kappa shape index (κ3) is 4.28. The number of aromatic nitrogens is 2. The van der Waals surface area contributed by atoms with Crippen molar-refractivity contribution in [3.05, 3.63) is 17.5 Å². The number of unbranched alkanes of at least 4 members (excludes halogenated alkanes) is 2. The molecule has 1 fully saturated rings. The number of hydrogen-bond acceptors (Lipinski definition) is 4. The molecule has 6 nitrogen and oxygen atoms in total. The molecule has 0 unspecified atom stereocenters. The number of carbonyl (C=O) groups is 1. The summed E-state index contributed by atoms with van der Waals surface area (Å²) in [4.78, 5) is 16.9. The molecule has 6 heteroatoms. The molecule has 2 heterocycles. The molecule has 1 aliphatic rings. The van der Waals surface area contributed by atoms with E-state index in [1.54, 1.807) is 4.68 Å². The predicted molar refractivity (Wildman–Crippen MR) is 83.2 cm³/mol. The highest BCUT2D eigenvalue weighted by Crippen LogP contribution is 2.12. The Bertz CT molecular complexity index is 463. The van der Waals surface area contributed by atoms with Crippen molar-refractivity contribution < 1.29 is 4.79 Å². The maximum absolute atomic E-state index is 12.5. The molecule has 0 saturated carbocycles. The Labute approximate surface area is 126 Å². The van der Waals surface area contributed by atoms with Gasteiger partial charge in [-0.25, -0.2) is 0 Å². The van der Waals surface area contributed by atoms with E-state index in [9.17, 15) is 4.79 Å². The summed E-state index contributed by atoms with van der Waals surface area (Å²) in [5, 5.41) is 4.25. The lowest BCUT2D eigenvalue weighted by Gasteiger charge is -2.34. The van der Waals surface area contributed by atoms with Crippen molar-refractivity contribution in [2.75, 3.05) is 39.3 Å². The summed E-state index contributed by atoms with van der Waals surface area (Å²) in [5.41, 5.74) is 7.05. The molecule has 1 amide bonds. The van der Waals surface area contributed by atoms with Crippen LogP contribution in [0.25, 0.3) is 0 Å². The zero-order valence-electron chi connectivity index (χ0n) is 13.2. The lowest BCUT2D eigenvalue weighted by Crippen LogP contribution is -2.48. The van der Waals surface area contributed by atoms with Crippen molar-refractivity contribution in [1.29, 1.82) is 0 Å². The van der Waals surface area contributed by atoms with Crippen LogP contribution in [0.1, 0.15) is 35.3 Å². The maximum atomic E-state index is 12.5. The summed E-state index contributed by atoms with van der Waals surface area (Å²) in [6.45, 7) is 7.34. The number of piperazine rings is 1. The van der Waals surface area contributed by atoms with Crippen LogP contribution < -0.4 is 5.73 Å². The average Bonchev–Trinajstić information content (AvgIpc) is 2.82. The molecule has 0 radical (unpaired) electrons. The molecular formula is C15H27N5O. The Hall–Kier alpha value is -1.40. The Kier molecular flexibility index (Phi) is 5.76. The summed E-state index contributed by atoms with van der Waals surface area (Å²) < 4.78 is 1.70. The number of carbonyl (C=O) groups excluding carboxylic acids is 1. The standard InChI is InChI=1S/C15H27N5O/c1-13-14(12-18(2)17-13)15(21)20-10-8-19(9-11-20)7-5-3-4-6-16/h12H,3-11,16H2,1-2H3. The SMILES string of the molecule is Cc1nn(C)cc1C(=O)N1CCN(CCCCCN)CC1. The molecule has 0 spiro atoms. The Morgan fingerprint density at radius 3 is 2.52 bits per heavy atom. The first-order chi connectivity index (χ1) is 10.1. The van der Waals surface area contributed by atoms with E-state index < -0.39 is 0 Å². The van der Waals surface area contributed by atoms with Crippen LogP contribution in [0, 0.1) is 6.92 Å². The third-order valence-electron chi connectivity index (χ3n) is 4.08. The normalized spacial score (nSPS) is 16.4. The van der Waals surface area contributed by atoms with E-state index in [1.165, 1.54) is 12.8 Å². The van der Waals surface area contributed by atoms with Crippen LogP contribution in [-0.2, 0) is 7.05 Å². The fraction of sp³-hybridized carbons (Fsp3) is 0.733. The van der Waals surface area contributed by atoms with E-state index in [2.05, 4.69) is 10.00 Å². The van der Waals surface area contributed by atoms with Gasteiger partial charge < -0.3 is 10.6 Å². The summed E-state index contributed by atoms with van der Waals surface area (Å²) in [6.07, 6.45) is 5.33. The highest BCUT2D eigenvalue weighted by atomic mass is 16.2. The van der Waals surface area contributed by atoms with E-state index in [1.807, 2.05) is 25.1 Å². The van der Waals surface area contributed by atoms with Gasteiger partial charge >= 0.3 is 0 Å². The average molecular weight is 293 g/mol. The highest BCUT2D eigenvalue weighted by molar-refractivity contribution is 5.95. The molecule has 2 rings (SSSR count). The first kappa shape index (κ1) is 16.0. The minimum absolute atomic E-state index is 0.114. The summed E-state index contributed by atoms with van der Waals surface area (Å²) >= 11 is 0. The minimum atomic E-state index is 0.114. The molecular weight excluding hydrogens is 266 g/mol. The fourth-order valence-electron chi connectivity index (χ4n) is 2.81. The molecule has 0 atom stereocenters. The molecule has 2 N–H and O–H groups in total. The van der Waals surface area contributed by atoms with Gasteiger partial charge in [0.05, 0.1) is 11.3 Å². The van der Waals surface area contributed by atoms with E-state index in [0.717, 1.165) is 56.9 Å². The van der Waals surface area contributed by atoms with Crippen LogP contribution in [-0.4, -0.2) is 64.8 Å². The molecule has 0 aliphatic carbocycles. The molecule has 1 aromatic heterocycles. The molecule has 1 saturated heterocycles. The van der Waals surface area contributed by atoms with Gasteiger partial charge in [0.2, 0.25) is 0 Å². The van der Waals surface area contributed by atoms with Crippen LogP contribution >= 0.6 is 0 Å². The largest absolute Gasteiger partial charge is 0.336 e. The lowest BCUT2D eigenvalue weighted by molar-refractivity contribution is 0.0634. The summed E-state index contributed by atoms with van der Waals surface area (Å²) in [7, 11) is 1.85. The van der Waals surface area contributed by atoms with E-state index in [4.69, 9.17) is 5.73 Å². The molecule has 0 bridgehead atoms. The number of nitrogens with zero attached hydrogens (tertiary/aromatic N) is 4. The molecule has 21 heavy (non-hydrogen) atoms. The number of hydrogen-bond donors (Lipinski definition) is 1. The van der Waals surface area contributed by atoms with Gasteiger partial charge in [-0.3, -0.25) is 14.4 Å². The van der Waals surface area contributed by atoms with Gasteiger partial charge in [0.1, 0.15) is 0 Å². The van der Waals surface area contributed by atoms with E-state index in [-0.39, 0.29) is 5.91 Å². The second-order valence-electron chi connectivity index (χ2n) is 5.79. The van der Waals surface area contributed by atoms with Crippen LogP contribution in [0.5, 0.6) is 0 Å². The topological polar surface area (TPSA) is 67.4 Å². The summed E-state index contributed by atoms with van der Waals surface area (Å²) in [5.74, 6) is 0.114. The quantitative estimate of drug-likeness (QED) is 0.781. The molecule has 0 aromatic carbocycles. The van der Waals surface area contributed by atoms with Crippen molar-refractivity contribution >= 4 is 5.91 Å². The highest BCUT2D eigenvalue weighted by Gasteiger charge is 2.24. The van der Waals surface area contributed by atoms with Gasteiger partial charge in [-0.15, -0.1) is 0 Å². The van der Waals surface area contributed by atoms with Gasteiger partial charge in [0, 0.05) is 39.4 Å².